The van der Waals surface area contributed by atoms with Gasteiger partial charge in [-0.2, -0.15) is 0 Å². The summed E-state index contributed by atoms with van der Waals surface area (Å²) in [7, 11) is 1.10. The lowest BCUT2D eigenvalue weighted by atomic mass is 10.2. The summed E-state index contributed by atoms with van der Waals surface area (Å²) in [6.45, 7) is 4.86. The van der Waals surface area contributed by atoms with Gasteiger partial charge in [0.2, 0.25) is 0 Å². The highest BCUT2D eigenvalue weighted by Gasteiger charge is 2.20. The molecule has 0 saturated carbocycles. The van der Waals surface area contributed by atoms with E-state index in [2.05, 4.69) is 4.74 Å². The van der Waals surface area contributed by atoms with Crippen molar-refractivity contribution in [2.24, 2.45) is 0 Å². The molecule has 0 saturated heterocycles. The molecule has 110 valence electrons. The van der Waals surface area contributed by atoms with Gasteiger partial charge in [0, 0.05) is 0 Å². The third-order valence-corrected chi connectivity index (χ3v) is 2.08. The molecule has 0 spiro atoms. The van der Waals surface area contributed by atoms with E-state index in [1.54, 1.807) is 20.8 Å². The Hall–Kier alpha value is -2.18. The van der Waals surface area contributed by atoms with Crippen LogP contribution in [0.2, 0.25) is 0 Å². The normalized spacial score (nSPS) is 10.9. The number of nitrogens with one attached hydrogen (secondary N) is 1. The van der Waals surface area contributed by atoms with Crippen LogP contribution in [-0.4, -0.2) is 24.8 Å². The third kappa shape index (κ3) is 4.18. The second-order valence-electron chi connectivity index (χ2n) is 4.94. The molecule has 0 aliphatic rings. The minimum atomic E-state index is -1.29. The minimum Gasteiger partial charge on any atom is -0.465 e. The SMILES string of the molecule is COC(=O)c1cc(F)c(F)c(NC(=O)OC(C)(C)C)c1. The molecule has 0 fully saturated rings. The van der Waals surface area contributed by atoms with Crippen molar-refractivity contribution in [3.8, 4) is 0 Å². The number of methoxy groups -OCH3 is 1. The smallest absolute Gasteiger partial charge is 0.412 e. The number of hydrogen-bond acceptors (Lipinski definition) is 4. The molecule has 0 unspecified atom stereocenters. The number of carbonyl (C=O) groups is 2. The highest BCUT2D eigenvalue weighted by atomic mass is 19.2. The first-order chi connectivity index (χ1) is 9.14. The van der Waals surface area contributed by atoms with Crippen molar-refractivity contribution < 1.29 is 27.8 Å². The third-order valence-electron chi connectivity index (χ3n) is 2.08. The number of carbonyl (C=O) groups excluding carboxylic acids is 2. The molecule has 1 rings (SSSR count). The van der Waals surface area contributed by atoms with Gasteiger partial charge in [-0.15, -0.1) is 0 Å². The highest BCUT2D eigenvalue weighted by molar-refractivity contribution is 5.92. The quantitative estimate of drug-likeness (QED) is 0.849. The van der Waals surface area contributed by atoms with Gasteiger partial charge in [-0.3, -0.25) is 5.32 Å². The van der Waals surface area contributed by atoms with Crippen molar-refractivity contribution in [1.82, 2.24) is 0 Å². The molecule has 5 nitrogen and oxygen atoms in total. The second-order valence-corrected chi connectivity index (χ2v) is 4.94. The van der Waals surface area contributed by atoms with Crippen LogP contribution in [-0.2, 0) is 9.47 Å². The van der Waals surface area contributed by atoms with Crippen molar-refractivity contribution in [1.29, 1.82) is 0 Å². The van der Waals surface area contributed by atoms with E-state index in [9.17, 15) is 18.4 Å². The van der Waals surface area contributed by atoms with Crippen LogP contribution in [0.1, 0.15) is 31.1 Å². The molecule has 0 heterocycles. The molecule has 0 atom stereocenters. The average Bonchev–Trinajstić information content (AvgIpc) is 2.31. The van der Waals surface area contributed by atoms with Crippen LogP contribution < -0.4 is 5.32 Å². The van der Waals surface area contributed by atoms with Crippen LogP contribution in [0.25, 0.3) is 0 Å². The number of halogens is 2. The van der Waals surface area contributed by atoms with E-state index in [1.807, 2.05) is 5.32 Å². The van der Waals surface area contributed by atoms with Crippen LogP contribution in [0.15, 0.2) is 12.1 Å². The second kappa shape index (κ2) is 5.85. The highest BCUT2D eigenvalue weighted by Crippen LogP contribution is 2.21. The van der Waals surface area contributed by atoms with Crippen LogP contribution in [0.4, 0.5) is 19.3 Å². The van der Waals surface area contributed by atoms with Crippen molar-refractivity contribution in [2.75, 3.05) is 12.4 Å². The zero-order chi connectivity index (χ0) is 15.5. The van der Waals surface area contributed by atoms with E-state index in [0.29, 0.717) is 6.07 Å². The first-order valence-electron chi connectivity index (χ1n) is 5.71. The van der Waals surface area contributed by atoms with Crippen LogP contribution in [0.5, 0.6) is 0 Å². The number of esters is 1. The Morgan fingerprint density at radius 2 is 1.80 bits per heavy atom. The van der Waals surface area contributed by atoms with Gasteiger partial charge in [-0.1, -0.05) is 0 Å². The summed E-state index contributed by atoms with van der Waals surface area (Å²) in [5, 5.41) is 2.04. The van der Waals surface area contributed by atoms with E-state index in [0.717, 1.165) is 13.2 Å². The molecule has 0 aliphatic carbocycles. The molecule has 1 aromatic rings. The molecule has 20 heavy (non-hydrogen) atoms. The zero-order valence-corrected chi connectivity index (χ0v) is 11.5. The van der Waals surface area contributed by atoms with Crippen LogP contribution in [0, 0.1) is 11.6 Å². The predicted octanol–water partition coefficient (Wildman–Crippen LogP) is 3.10. The van der Waals surface area contributed by atoms with Gasteiger partial charge in [-0.05, 0) is 32.9 Å². The Kier molecular flexibility index (Phi) is 4.65. The number of rotatable bonds is 2. The Morgan fingerprint density at radius 3 is 2.30 bits per heavy atom. The van der Waals surface area contributed by atoms with Gasteiger partial charge >= 0.3 is 12.1 Å². The number of benzene rings is 1. The Morgan fingerprint density at radius 1 is 1.20 bits per heavy atom. The topological polar surface area (TPSA) is 64.6 Å². The predicted molar refractivity (Wildman–Crippen MR) is 67.6 cm³/mol. The maximum atomic E-state index is 13.5. The van der Waals surface area contributed by atoms with Crippen LogP contribution >= 0.6 is 0 Å². The molecule has 0 aromatic heterocycles. The molecule has 1 aromatic carbocycles. The number of hydrogen-bond donors (Lipinski definition) is 1. The molecule has 1 amide bonds. The summed E-state index contributed by atoms with van der Waals surface area (Å²) < 4.78 is 36.2. The van der Waals surface area contributed by atoms with E-state index in [4.69, 9.17) is 4.74 Å². The summed E-state index contributed by atoms with van der Waals surface area (Å²) in [5.74, 6) is -3.42. The van der Waals surface area contributed by atoms with Gasteiger partial charge in [0.15, 0.2) is 11.6 Å². The zero-order valence-electron chi connectivity index (χ0n) is 11.5. The van der Waals surface area contributed by atoms with Crippen LogP contribution in [0.3, 0.4) is 0 Å². The standard InChI is InChI=1S/C13H15F2NO4/c1-13(2,3)20-12(18)16-9-6-7(11(17)19-4)5-8(14)10(9)15/h5-6H,1-4H3,(H,16,18). The fraction of sp³-hybridized carbons (Fsp3) is 0.385. The van der Waals surface area contributed by atoms with Gasteiger partial charge in [0.25, 0.3) is 0 Å². The molecular weight excluding hydrogens is 272 g/mol. The molecule has 7 heteroatoms. The number of amides is 1. The molecule has 0 bridgehead atoms. The Balaban J connectivity index is 3.03. The van der Waals surface area contributed by atoms with Crippen molar-refractivity contribution in [3.63, 3.8) is 0 Å². The molecule has 0 radical (unpaired) electrons. The summed E-state index contributed by atoms with van der Waals surface area (Å²) >= 11 is 0. The summed E-state index contributed by atoms with van der Waals surface area (Å²) in [6, 6.07) is 1.65. The lowest BCUT2D eigenvalue weighted by Gasteiger charge is -2.20. The van der Waals surface area contributed by atoms with Crippen molar-refractivity contribution >= 4 is 17.7 Å². The van der Waals surface area contributed by atoms with E-state index >= 15 is 0 Å². The summed E-state index contributed by atoms with van der Waals surface area (Å²) in [5.41, 5.74) is -1.52. The summed E-state index contributed by atoms with van der Waals surface area (Å²) in [4.78, 5) is 22.8. The minimum absolute atomic E-state index is 0.225. The number of ether oxygens (including phenoxy) is 2. The van der Waals surface area contributed by atoms with Crippen molar-refractivity contribution in [2.45, 2.75) is 26.4 Å². The van der Waals surface area contributed by atoms with Gasteiger partial charge < -0.3 is 9.47 Å². The van der Waals surface area contributed by atoms with Gasteiger partial charge in [0.05, 0.1) is 18.4 Å². The molecular formula is C13H15F2NO4. The lowest BCUT2D eigenvalue weighted by molar-refractivity contribution is 0.0595. The Bertz CT molecular complexity index is 538. The fourth-order valence-electron chi connectivity index (χ4n) is 1.33. The Labute approximate surface area is 114 Å². The fourth-order valence-corrected chi connectivity index (χ4v) is 1.33. The van der Waals surface area contributed by atoms with Crippen molar-refractivity contribution in [3.05, 3.63) is 29.3 Å². The van der Waals surface area contributed by atoms with Gasteiger partial charge in [-0.25, -0.2) is 18.4 Å². The van der Waals surface area contributed by atoms with Gasteiger partial charge in [0.1, 0.15) is 5.60 Å². The molecule has 1 N–H and O–H groups in total. The largest absolute Gasteiger partial charge is 0.465 e. The summed E-state index contributed by atoms with van der Waals surface area (Å²) in [6.07, 6.45) is -0.960. The first-order valence-corrected chi connectivity index (χ1v) is 5.71. The van der Waals surface area contributed by atoms with E-state index < -0.39 is 35.0 Å². The maximum absolute atomic E-state index is 13.5. The monoisotopic (exact) mass is 287 g/mol. The average molecular weight is 287 g/mol. The molecule has 0 aliphatic heterocycles. The van der Waals surface area contributed by atoms with E-state index in [-0.39, 0.29) is 5.56 Å². The maximum Gasteiger partial charge on any atom is 0.412 e. The first kappa shape index (κ1) is 15.9. The lowest BCUT2D eigenvalue weighted by Crippen LogP contribution is -2.27. The number of anilines is 1. The van der Waals surface area contributed by atoms with E-state index in [1.165, 1.54) is 0 Å².